The lowest BCUT2D eigenvalue weighted by Crippen LogP contribution is -2.14. The van der Waals surface area contributed by atoms with Gasteiger partial charge >= 0.3 is 0 Å². The van der Waals surface area contributed by atoms with Crippen molar-refractivity contribution in [3.63, 3.8) is 0 Å². The Kier molecular flexibility index (Phi) is 4.70. The van der Waals surface area contributed by atoms with Crippen LogP contribution in [0.1, 0.15) is 27.0 Å². The molecule has 1 heterocycles. The summed E-state index contributed by atoms with van der Waals surface area (Å²) in [5.74, 6) is 5.61. The van der Waals surface area contributed by atoms with E-state index in [2.05, 4.69) is 22.1 Å². The van der Waals surface area contributed by atoms with Crippen LogP contribution >= 0.6 is 0 Å². The van der Waals surface area contributed by atoms with Crippen LogP contribution in [-0.2, 0) is 0 Å². The second kappa shape index (κ2) is 6.69. The van der Waals surface area contributed by atoms with Gasteiger partial charge in [-0.2, -0.15) is 0 Å². The van der Waals surface area contributed by atoms with E-state index in [1.807, 2.05) is 32.0 Å². The van der Waals surface area contributed by atoms with E-state index in [-0.39, 0.29) is 5.91 Å². The minimum Gasteiger partial charge on any atom is -0.321 e. The number of aryl methyl sites for hydroxylation is 1. The van der Waals surface area contributed by atoms with Crippen molar-refractivity contribution in [1.29, 1.82) is 0 Å². The standard InChI is InChI=1S/C17H17N3O/c1-12-9-15(11-19-10-12)20-17(21)16-7-3-5-14(13(16)2)6-4-8-18/h3,5,7,9-11H,8,18H2,1-2H3,(H,20,21). The molecule has 0 atom stereocenters. The zero-order valence-electron chi connectivity index (χ0n) is 12.1. The Labute approximate surface area is 124 Å². The van der Waals surface area contributed by atoms with Crippen molar-refractivity contribution in [3.8, 4) is 11.8 Å². The maximum absolute atomic E-state index is 12.4. The van der Waals surface area contributed by atoms with E-state index in [0.29, 0.717) is 17.8 Å². The van der Waals surface area contributed by atoms with Gasteiger partial charge in [0.15, 0.2) is 0 Å². The first-order valence-corrected chi connectivity index (χ1v) is 6.63. The number of pyridine rings is 1. The fourth-order valence-electron chi connectivity index (χ4n) is 1.99. The number of anilines is 1. The molecule has 0 aliphatic carbocycles. The smallest absolute Gasteiger partial charge is 0.256 e. The maximum Gasteiger partial charge on any atom is 0.256 e. The predicted octanol–water partition coefficient (Wildman–Crippen LogP) is 2.26. The van der Waals surface area contributed by atoms with Crippen LogP contribution in [0.25, 0.3) is 0 Å². The van der Waals surface area contributed by atoms with Gasteiger partial charge in [-0.25, -0.2) is 0 Å². The molecule has 0 aliphatic heterocycles. The van der Waals surface area contributed by atoms with E-state index in [1.54, 1.807) is 18.5 Å². The van der Waals surface area contributed by atoms with E-state index in [9.17, 15) is 4.79 Å². The van der Waals surface area contributed by atoms with E-state index in [4.69, 9.17) is 5.73 Å². The third-order valence-electron chi connectivity index (χ3n) is 3.04. The summed E-state index contributed by atoms with van der Waals surface area (Å²) in [6.07, 6.45) is 3.36. The van der Waals surface area contributed by atoms with Gasteiger partial charge in [-0.05, 0) is 43.2 Å². The van der Waals surface area contributed by atoms with Gasteiger partial charge in [0.2, 0.25) is 0 Å². The fourth-order valence-corrected chi connectivity index (χ4v) is 1.99. The SMILES string of the molecule is Cc1cncc(NC(=O)c2cccc(C#CCN)c2C)c1. The molecule has 4 nitrogen and oxygen atoms in total. The van der Waals surface area contributed by atoms with Crippen molar-refractivity contribution in [2.45, 2.75) is 13.8 Å². The predicted molar refractivity (Wildman–Crippen MR) is 84.0 cm³/mol. The topological polar surface area (TPSA) is 68.0 Å². The van der Waals surface area contributed by atoms with Gasteiger partial charge in [0.05, 0.1) is 18.4 Å². The van der Waals surface area contributed by atoms with Gasteiger partial charge in [-0.3, -0.25) is 9.78 Å². The molecule has 0 spiro atoms. The zero-order chi connectivity index (χ0) is 15.2. The van der Waals surface area contributed by atoms with Crippen LogP contribution < -0.4 is 11.1 Å². The molecule has 1 amide bonds. The number of hydrogen-bond acceptors (Lipinski definition) is 3. The first-order valence-electron chi connectivity index (χ1n) is 6.63. The summed E-state index contributed by atoms with van der Waals surface area (Å²) in [6.45, 7) is 4.10. The van der Waals surface area contributed by atoms with Crippen molar-refractivity contribution in [2.75, 3.05) is 11.9 Å². The van der Waals surface area contributed by atoms with Crippen molar-refractivity contribution in [3.05, 3.63) is 58.9 Å². The van der Waals surface area contributed by atoms with E-state index in [0.717, 1.165) is 16.7 Å². The summed E-state index contributed by atoms with van der Waals surface area (Å²) in [4.78, 5) is 16.4. The highest BCUT2D eigenvalue weighted by Gasteiger charge is 2.11. The molecular formula is C17H17N3O. The van der Waals surface area contributed by atoms with Crippen molar-refractivity contribution >= 4 is 11.6 Å². The molecule has 0 saturated carbocycles. The van der Waals surface area contributed by atoms with Crippen molar-refractivity contribution < 1.29 is 4.79 Å². The first kappa shape index (κ1) is 14.8. The number of nitrogens with two attached hydrogens (primary N) is 1. The normalized spacial score (nSPS) is 9.67. The van der Waals surface area contributed by atoms with Gasteiger partial charge < -0.3 is 11.1 Å². The summed E-state index contributed by atoms with van der Waals surface area (Å²) >= 11 is 0. The largest absolute Gasteiger partial charge is 0.321 e. The Morgan fingerprint density at radius 3 is 2.86 bits per heavy atom. The molecule has 1 aromatic carbocycles. The Balaban J connectivity index is 2.27. The minimum atomic E-state index is -0.170. The molecular weight excluding hydrogens is 262 g/mol. The second-order valence-electron chi connectivity index (χ2n) is 4.69. The molecule has 0 unspecified atom stereocenters. The summed E-state index contributed by atoms with van der Waals surface area (Å²) in [5.41, 5.74) is 9.31. The lowest BCUT2D eigenvalue weighted by Gasteiger charge is -2.09. The average molecular weight is 279 g/mol. The number of carbonyl (C=O) groups is 1. The Morgan fingerprint density at radius 1 is 1.33 bits per heavy atom. The van der Waals surface area contributed by atoms with E-state index >= 15 is 0 Å². The Hall–Kier alpha value is -2.64. The summed E-state index contributed by atoms with van der Waals surface area (Å²) in [6, 6.07) is 7.35. The molecule has 0 aliphatic rings. The first-order chi connectivity index (χ1) is 10.1. The number of nitrogens with one attached hydrogen (secondary N) is 1. The van der Waals surface area contributed by atoms with E-state index < -0.39 is 0 Å². The fraction of sp³-hybridized carbons (Fsp3) is 0.176. The molecule has 0 radical (unpaired) electrons. The summed E-state index contributed by atoms with van der Waals surface area (Å²) in [5, 5.41) is 2.85. The van der Waals surface area contributed by atoms with Crippen LogP contribution in [0.5, 0.6) is 0 Å². The van der Waals surface area contributed by atoms with Gasteiger partial charge in [0, 0.05) is 17.3 Å². The second-order valence-corrected chi connectivity index (χ2v) is 4.69. The van der Waals surface area contributed by atoms with Crippen LogP contribution in [0.2, 0.25) is 0 Å². The zero-order valence-corrected chi connectivity index (χ0v) is 12.1. The number of nitrogens with zero attached hydrogens (tertiary/aromatic N) is 1. The number of amides is 1. The molecule has 1 aromatic heterocycles. The molecule has 2 rings (SSSR count). The molecule has 4 heteroatoms. The molecule has 0 fully saturated rings. The number of aromatic nitrogens is 1. The van der Waals surface area contributed by atoms with Crippen LogP contribution in [0.15, 0.2) is 36.7 Å². The summed E-state index contributed by atoms with van der Waals surface area (Å²) in [7, 11) is 0. The molecule has 3 N–H and O–H groups in total. The Morgan fingerprint density at radius 2 is 2.14 bits per heavy atom. The average Bonchev–Trinajstić information content (AvgIpc) is 2.46. The van der Waals surface area contributed by atoms with Crippen LogP contribution in [0.4, 0.5) is 5.69 Å². The van der Waals surface area contributed by atoms with Crippen molar-refractivity contribution in [2.24, 2.45) is 5.73 Å². The highest BCUT2D eigenvalue weighted by Crippen LogP contribution is 2.15. The number of hydrogen-bond donors (Lipinski definition) is 2. The van der Waals surface area contributed by atoms with Gasteiger partial charge in [0.1, 0.15) is 0 Å². The van der Waals surface area contributed by atoms with E-state index in [1.165, 1.54) is 0 Å². The summed E-state index contributed by atoms with van der Waals surface area (Å²) < 4.78 is 0. The van der Waals surface area contributed by atoms with Gasteiger partial charge in [-0.15, -0.1) is 0 Å². The van der Waals surface area contributed by atoms with Crippen LogP contribution in [0.3, 0.4) is 0 Å². The molecule has 0 bridgehead atoms. The third-order valence-corrected chi connectivity index (χ3v) is 3.04. The van der Waals surface area contributed by atoms with Crippen LogP contribution in [-0.4, -0.2) is 17.4 Å². The highest BCUT2D eigenvalue weighted by molar-refractivity contribution is 6.05. The number of rotatable bonds is 2. The van der Waals surface area contributed by atoms with Crippen molar-refractivity contribution in [1.82, 2.24) is 4.98 Å². The van der Waals surface area contributed by atoms with Gasteiger partial charge in [0.25, 0.3) is 5.91 Å². The van der Waals surface area contributed by atoms with Crippen LogP contribution in [0, 0.1) is 25.7 Å². The van der Waals surface area contributed by atoms with Gasteiger partial charge in [-0.1, -0.05) is 17.9 Å². The quantitative estimate of drug-likeness (QED) is 0.829. The molecule has 0 saturated heterocycles. The molecule has 21 heavy (non-hydrogen) atoms. The highest BCUT2D eigenvalue weighted by atomic mass is 16.1. The minimum absolute atomic E-state index is 0.170. The number of carbonyl (C=O) groups excluding carboxylic acids is 1. The lowest BCUT2D eigenvalue weighted by molar-refractivity contribution is 0.102. The lowest BCUT2D eigenvalue weighted by atomic mass is 10.0. The molecule has 2 aromatic rings. The number of benzene rings is 1. The maximum atomic E-state index is 12.4. The monoisotopic (exact) mass is 279 g/mol. The molecule has 106 valence electrons. The Bertz CT molecular complexity index is 726. The third kappa shape index (κ3) is 3.68.